The highest BCUT2D eigenvalue weighted by molar-refractivity contribution is 6.74. The highest BCUT2D eigenvalue weighted by Gasteiger charge is 2.37. The van der Waals surface area contributed by atoms with Crippen LogP contribution in [-0.4, -0.2) is 62.9 Å². The molecule has 0 atom stereocenters. The Morgan fingerprint density at radius 1 is 1.08 bits per heavy atom. The summed E-state index contributed by atoms with van der Waals surface area (Å²) in [7, 11) is -1.97. The summed E-state index contributed by atoms with van der Waals surface area (Å²) in [6.07, 6.45) is 0.792. The zero-order valence-electron chi connectivity index (χ0n) is 23.0. The van der Waals surface area contributed by atoms with E-state index >= 15 is 0 Å². The first-order valence-electron chi connectivity index (χ1n) is 13.4. The van der Waals surface area contributed by atoms with Crippen molar-refractivity contribution in [1.82, 2.24) is 15.2 Å². The number of nitrogens with zero attached hydrogens (tertiary/aromatic N) is 2. The van der Waals surface area contributed by atoms with E-state index in [9.17, 15) is 9.59 Å². The van der Waals surface area contributed by atoms with Gasteiger partial charge in [0.05, 0.1) is 31.0 Å². The van der Waals surface area contributed by atoms with Crippen molar-refractivity contribution in [2.45, 2.75) is 51.9 Å². The van der Waals surface area contributed by atoms with Gasteiger partial charge in [0.25, 0.3) is 11.8 Å². The van der Waals surface area contributed by atoms with E-state index in [1.807, 2.05) is 35.2 Å². The lowest BCUT2D eigenvalue weighted by Crippen LogP contribution is -2.40. The molecule has 0 spiro atoms. The first kappa shape index (κ1) is 26.5. The summed E-state index contributed by atoms with van der Waals surface area (Å²) in [4.78, 5) is 32.4. The fourth-order valence-corrected chi connectivity index (χ4v) is 5.68. The summed E-state index contributed by atoms with van der Waals surface area (Å²) in [6, 6.07) is 13.9. The highest BCUT2D eigenvalue weighted by Crippen LogP contribution is 2.38. The summed E-state index contributed by atoms with van der Waals surface area (Å²) in [5.41, 5.74) is 6.10. The van der Waals surface area contributed by atoms with Crippen LogP contribution in [-0.2, 0) is 22.2 Å². The van der Waals surface area contributed by atoms with Crippen LogP contribution in [0.2, 0.25) is 18.1 Å². The number of rotatable bonds is 5. The van der Waals surface area contributed by atoms with E-state index in [2.05, 4.69) is 51.3 Å². The molecule has 200 valence electrons. The van der Waals surface area contributed by atoms with Crippen LogP contribution in [0.3, 0.4) is 0 Å². The molecule has 1 aromatic heterocycles. The number of pyridine rings is 1. The number of aromatic nitrogens is 1. The summed E-state index contributed by atoms with van der Waals surface area (Å²) in [5.74, 6) is -0.0205. The predicted octanol–water partition coefficient (Wildman–Crippen LogP) is 5.18. The molecule has 0 bridgehead atoms. The van der Waals surface area contributed by atoms with Crippen molar-refractivity contribution in [3.05, 3.63) is 64.8 Å². The average molecular weight is 532 g/mol. The standard InChI is InChI=1S/C30H37N3O4Si/c1-30(2,3)38(4,5)37-19-23-18-25(20-6-8-24-21(16-20)10-11-31-28(24)34)26-17-22(7-9-27(26)32-23)29(35)33-12-14-36-15-13-33/h6-9,16-18H,10-15,19H2,1-5H3,(H,31,34). The Morgan fingerprint density at radius 3 is 2.58 bits per heavy atom. The second-order valence-corrected chi connectivity index (χ2v) is 16.5. The summed E-state index contributed by atoms with van der Waals surface area (Å²) >= 11 is 0. The number of carbonyl (C=O) groups excluding carboxylic acids is 2. The molecule has 2 amide bonds. The molecule has 1 N–H and O–H groups in total. The minimum atomic E-state index is -1.97. The highest BCUT2D eigenvalue weighted by atomic mass is 28.4. The molecule has 0 radical (unpaired) electrons. The number of nitrogens with one attached hydrogen (secondary N) is 1. The third-order valence-corrected chi connectivity index (χ3v) is 12.6. The summed E-state index contributed by atoms with van der Waals surface area (Å²) < 4.78 is 11.9. The maximum Gasteiger partial charge on any atom is 0.254 e. The Labute approximate surface area is 225 Å². The van der Waals surface area contributed by atoms with Gasteiger partial charge < -0.3 is 19.4 Å². The van der Waals surface area contributed by atoms with Crippen molar-refractivity contribution in [2.24, 2.45) is 0 Å². The molecule has 0 aliphatic carbocycles. The van der Waals surface area contributed by atoms with E-state index in [0.29, 0.717) is 45.0 Å². The Bertz CT molecular complexity index is 1390. The second-order valence-electron chi connectivity index (χ2n) is 11.7. The zero-order valence-corrected chi connectivity index (χ0v) is 24.0. The predicted molar refractivity (Wildman–Crippen MR) is 152 cm³/mol. The number of fused-ring (bicyclic) bond motifs is 2. The lowest BCUT2D eigenvalue weighted by atomic mass is 9.92. The average Bonchev–Trinajstić information content (AvgIpc) is 2.90. The number of amides is 2. The minimum absolute atomic E-state index is 0.00796. The van der Waals surface area contributed by atoms with Gasteiger partial charge in [-0.15, -0.1) is 0 Å². The molecule has 1 fully saturated rings. The molecule has 2 aliphatic rings. The smallest absolute Gasteiger partial charge is 0.254 e. The minimum Gasteiger partial charge on any atom is -0.411 e. The maximum absolute atomic E-state index is 13.3. The van der Waals surface area contributed by atoms with E-state index in [4.69, 9.17) is 14.1 Å². The SMILES string of the molecule is CC(C)(C)[Si](C)(C)OCc1cc(-c2ccc3c(c2)CCNC3=O)c2cc(C(=O)N3CCOCC3)ccc2n1. The third kappa shape index (κ3) is 5.25. The van der Waals surface area contributed by atoms with Crippen molar-refractivity contribution in [1.29, 1.82) is 0 Å². The summed E-state index contributed by atoms with van der Waals surface area (Å²) in [6.45, 7) is 14.6. The fourth-order valence-electron chi connectivity index (χ4n) is 4.74. The molecule has 0 saturated carbocycles. The van der Waals surface area contributed by atoms with Gasteiger partial charge in [0.15, 0.2) is 8.32 Å². The Morgan fingerprint density at radius 2 is 1.84 bits per heavy atom. The number of hydrogen-bond donors (Lipinski definition) is 1. The largest absolute Gasteiger partial charge is 0.411 e. The molecule has 3 heterocycles. The Kier molecular flexibility index (Phi) is 7.15. The van der Waals surface area contributed by atoms with E-state index < -0.39 is 8.32 Å². The second kappa shape index (κ2) is 10.2. The maximum atomic E-state index is 13.3. The molecule has 7 nitrogen and oxygen atoms in total. The van der Waals surface area contributed by atoms with Crippen molar-refractivity contribution in [3.63, 3.8) is 0 Å². The molecular weight excluding hydrogens is 494 g/mol. The van der Waals surface area contributed by atoms with Gasteiger partial charge in [-0.1, -0.05) is 32.9 Å². The van der Waals surface area contributed by atoms with E-state index in [1.54, 1.807) is 0 Å². The van der Waals surface area contributed by atoms with Gasteiger partial charge in [-0.3, -0.25) is 14.6 Å². The van der Waals surface area contributed by atoms with Gasteiger partial charge in [0.1, 0.15) is 0 Å². The van der Waals surface area contributed by atoms with E-state index in [-0.39, 0.29) is 16.9 Å². The van der Waals surface area contributed by atoms with Gasteiger partial charge in [0, 0.05) is 36.1 Å². The quantitative estimate of drug-likeness (QED) is 0.459. The van der Waals surface area contributed by atoms with Crippen LogP contribution >= 0.6 is 0 Å². The van der Waals surface area contributed by atoms with Crippen molar-refractivity contribution < 1.29 is 18.8 Å². The zero-order chi connectivity index (χ0) is 27.1. The van der Waals surface area contributed by atoms with E-state index in [0.717, 1.165) is 45.3 Å². The number of benzene rings is 2. The van der Waals surface area contributed by atoms with Crippen LogP contribution < -0.4 is 5.32 Å². The lowest BCUT2D eigenvalue weighted by Gasteiger charge is -2.36. The van der Waals surface area contributed by atoms with Crippen molar-refractivity contribution in [2.75, 3.05) is 32.8 Å². The number of ether oxygens (including phenoxy) is 1. The van der Waals surface area contributed by atoms with Gasteiger partial charge >= 0.3 is 0 Å². The first-order chi connectivity index (χ1) is 18.0. The van der Waals surface area contributed by atoms with Crippen LogP contribution in [0.4, 0.5) is 0 Å². The molecule has 2 aliphatic heterocycles. The number of hydrogen-bond acceptors (Lipinski definition) is 5. The van der Waals surface area contributed by atoms with Crippen LogP contribution in [0, 0.1) is 0 Å². The molecule has 2 aromatic carbocycles. The topological polar surface area (TPSA) is 80.8 Å². The fraction of sp³-hybridized carbons (Fsp3) is 0.433. The molecular formula is C30H37N3O4Si. The molecule has 3 aromatic rings. The van der Waals surface area contributed by atoms with Gasteiger partial charge in [-0.25, -0.2) is 0 Å². The van der Waals surface area contributed by atoms with Gasteiger partial charge in [-0.05, 0) is 71.6 Å². The molecule has 38 heavy (non-hydrogen) atoms. The van der Waals surface area contributed by atoms with Crippen LogP contribution in [0.25, 0.3) is 22.0 Å². The normalized spacial score (nSPS) is 16.3. The van der Waals surface area contributed by atoms with Crippen LogP contribution in [0.1, 0.15) is 52.7 Å². The number of carbonyl (C=O) groups is 2. The van der Waals surface area contributed by atoms with Crippen LogP contribution in [0.15, 0.2) is 42.5 Å². The van der Waals surface area contributed by atoms with Crippen LogP contribution in [0.5, 0.6) is 0 Å². The number of morpholine rings is 1. The molecule has 8 heteroatoms. The monoisotopic (exact) mass is 531 g/mol. The Balaban J connectivity index is 1.58. The summed E-state index contributed by atoms with van der Waals surface area (Å²) in [5, 5.41) is 3.93. The first-order valence-corrected chi connectivity index (χ1v) is 16.3. The Hall–Kier alpha value is -3.07. The van der Waals surface area contributed by atoms with Crippen molar-refractivity contribution >= 4 is 31.0 Å². The van der Waals surface area contributed by atoms with Gasteiger partial charge in [0.2, 0.25) is 0 Å². The lowest BCUT2D eigenvalue weighted by molar-refractivity contribution is 0.0303. The molecule has 1 saturated heterocycles. The molecule has 5 rings (SSSR count). The van der Waals surface area contributed by atoms with Crippen molar-refractivity contribution in [3.8, 4) is 11.1 Å². The third-order valence-electron chi connectivity index (χ3n) is 8.13. The molecule has 0 unspecified atom stereocenters. The van der Waals surface area contributed by atoms with Gasteiger partial charge in [-0.2, -0.15) is 0 Å². The van der Waals surface area contributed by atoms with E-state index in [1.165, 1.54) is 0 Å².